The molecule has 0 bridgehead atoms. The van der Waals surface area contributed by atoms with Crippen molar-refractivity contribution in [3.8, 4) is 0 Å². The number of carboxylic acids is 2. The molecule has 0 aromatic heterocycles. The number of carbonyl (C=O) groups is 2. The maximum atomic E-state index is 10.1. The molecule has 0 saturated heterocycles. The second-order valence-electron chi connectivity index (χ2n) is 2.12. The minimum Gasteiger partial charge on any atom is -0.481 e. The van der Waals surface area contributed by atoms with Crippen molar-refractivity contribution < 1.29 is 19.8 Å². The lowest BCUT2D eigenvalue weighted by Gasteiger charge is -2.14. The maximum absolute atomic E-state index is 10.1. The van der Waals surface area contributed by atoms with Gasteiger partial charge in [-0.05, 0) is 6.92 Å². The lowest BCUT2D eigenvalue weighted by Crippen LogP contribution is -2.24. The summed E-state index contributed by atoms with van der Waals surface area (Å²) in [6.45, 7) is 2.41. The predicted octanol–water partition coefficient (Wildman–Crippen LogP) is 2.17. The van der Waals surface area contributed by atoms with E-state index >= 15 is 0 Å². The Bertz CT molecular complexity index is 183. The molecule has 1 unspecified atom stereocenters. The number of alkyl halides is 3. The zero-order valence-corrected chi connectivity index (χ0v) is 9.19. The molecule has 0 rings (SSSR count). The Kier molecular flexibility index (Phi) is 7.40. The van der Waals surface area contributed by atoms with Crippen LogP contribution >= 0.6 is 34.8 Å². The van der Waals surface area contributed by atoms with Gasteiger partial charge in [0, 0.05) is 6.92 Å². The smallest absolute Gasteiger partial charge is 0.310 e. The highest BCUT2D eigenvalue weighted by Crippen LogP contribution is 2.34. The Morgan fingerprint density at radius 2 is 1.46 bits per heavy atom. The van der Waals surface area contributed by atoms with Gasteiger partial charge in [0.1, 0.15) is 5.92 Å². The molecule has 1 atom stereocenters. The van der Waals surface area contributed by atoms with Gasteiger partial charge in [-0.25, -0.2) is 0 Å². The normalized spacial score (nSPS) is 12.4. The zero-order valence-electron chi connectivity index (χ0n) is 6.92. The van der Waals surface area contributed by atoms with Crippen molar-refractivity contribution in [2.24, 2.45) is 5.92 Å². The average molecular weight is 251 g/mol. The summed E-state index contributed by atoms with van der Waals surface area (Å²) in [4.78, 5) is 19.1. The quantitative estimate of drug-likeness (QED) is 0.700. The molecule has 13 heavy (non-hydrogen) atoms. The van der Waals surface area contributed by atoms with E-state index in [0.29, 0.717) is 0 Å². The molecular weight excluding hydrogens is 242 g/mol. The Labute approximate surface area is 90.4 Å². The highest BCUT2D eigenvalue weighted by atomic mass is 35.6. The van der Waals surface area contributed by atoms with Gasteiger partial charge in [-0.2, -0.15) is 0 Å². The van der Waals surface area contributed by atoms with Crippen molar-refractivity contribution >= 4 is 46.7 Å². The molecule has 0 spiro atoms. The fourth-order valence-electron chi connectivity index (χ4n) is 0.140. The summed E-state index contributed by atoms with van der Waals surface area (Å²) >= 11 is 15.7. The van der Waals surface area contributed by atoms with Crippen LogP contribution < -0.4 is 0 Å². The number of carboxylic acid groups (broad SMARTS) is 2. The Balaban J connectivity index is 0. The molecule has 0 aliphatic carbocycles. The van der Waals surface area contributed by atoms with E-state index in [4.69, 9.17) is 49.8 Å². The van der Waals surface area contributed by atoms with Crippen LogP contribution in [0.15, 0.2) is 0 Å². The maximum Gasteiger partial charge on any atom is 0.310 e. The Morgan fingerprint density at radius 1 is 1.23 bits per heavy atom. The van der Waals surface area contributed by atoms with E-state index in [1.54, 1.807) is 0 Å². The number of rotatable bonds is 1. The first-order valence-electron chi connectivity index (χ1n) is 3.08. The zero-order chi connectivity index (χ0) is 11.2. The molecule has 0 aliphatic rings. The molecule has 0 aromatic carbocycles. The van der Waals surface area contributed by atoms with Gasteiger partial charge in [-0.1, -0.05) is 34.8 Å². The van der Waals surface area contributed by atoms with Crippen molar-refractivity contribution in [2.75, 3.05) is 0 Å². The highest BCUT2D eigenvalue weighted by molar-refractivity contribution is 6.68. The van der Waals surface area contributed by atoms with E-state index < -0.39 is 21.6 Å². The summed E-state index contributed by atoms with van der Waals surface area (Å²) in [7, 11) is 0. The number of hydrogen-bond donors (Lipinski definition) is 2. The molecule has 78 valence electrons. The van der Waals surface area contributed by atoms with E-state index in [2.05, 4.69) is 0 Å². The van der Waals surface area contributed by atoms with Crippen LogP contribution in [0, 0.1) is 5.92 Å². The summed E-state index contributed by atoms with van der Waals surface area (Å²) in [6, 6.07) is 0. The van der Waals surface area contributed by atoms with Crippen LogP contribution in [-0.2, 0) is 9.59 Å². The van der Waals surface area contributed by atoms with Crippen molar-refractivity contribution in [2.45, 2.75) is 17.6 Å². The van der Waals surface area contributed by atoms with E-state index in [1.807, 2.05) is 0 Å². The van der Waals surface area contributed by atoms with Crippen LogP contribution in [0.5, 0.6) is 0 Å². The van der Waals surface area contributed by atoms with Crippen LogP contribution in [-0.4, -0.2) is 25.9 Å². The topological polar surface area (TPSA) is 74.6 Å². The summed E-state index contributed by atoms with van der Waals surface area (Å²) in [5.74, 6) is -2.92. The van der Waals surface area contributed by atoms with Crippen LogP contribution in [0.1, 0.15) is 13.8 Å². The monoisotopic (exact) mass is 250 g/mol. The van der Waals surface area contributed by atoms with E-state index in [0.717, 1.165) is 6.92 Å². The first-order valence-corrected chi connectivity index (χ1v) is 4.21. The Morgan fingerprint density at radius 3 is 1.46 bits per heavy atom. The number of hydrogen-bond acceptors (Lipinski definition) is 2. The summed E-state index contributed by atoms with van der Waals surface area (Å²) in [6.07, 6.45) is 0. The molecule has 2 N–H and O–H groups in total. The second kappa shape index (κ2) is 6.29. The third kappa shape index (κ3) is 11.8. The summed E-state index contributed by atoms with van der Waals surface area (Å²) in [5.41, 5.74) is 0. The van der Waals surface area contributed by atoms with Crippen molar-refractivity contribution in [1.82, 2.24) is 0 Å². The van der Waals surface area contributed by atoms with Gasteiger partial charge in [0.2, 0.25) is 3.79 Å². The number of halogens is 3. The average Bonchev–Trinajstić information content (AvgIpc) is 1.82. The van der Waals surface area contributed by atoms with Gasteiger partial charge in [-0.15, -0.1) is 0 Å². The van der Waals surface area contributed by atoms with Gasteiger partial charge >= 0.3 is 5.97 Å². The summed E-state index contributed by atoms with van der Waals surface area (Å²) in [5, 5.41) is 15.7. The lowest BCUT2D eigenvalue weighted by molar-refractivity contribution is -0.141. The van der Waals surface area contributed by atoms with Gasteiger partial charge in [0.25, 0.3) is 5.97 Å². The van der Waals surface area contributed by atoms with Crippen molar-refractivity contribution in [3.05, 3.63) is 0 Å². The van der Waals surface area contributed by atoms with E-state index in [9.17, 15) is 4.79 Å². The molecule has 0 amide bonds. The van der Waals surface area contributed by atoms with Crippen molar-refractivity contribution in [3.63, 3.8) is 0 Å². The molecular formula is C6H9Cl3O4. The van der Waals surface area contributed by atoms with Gasteiger partial charge in [0.15, 0.2) is 0 Å². The highest BCUT2D eigenvalue weighted by Gasteiger charge is 2.33. The molecule has 0 heterocycles. The standard InChI is InChI=1S/C4H5Cl3O2.C2H4O2/c1-2(3(8)9)4(5,6)7;1-2(3)4/h2H,1H3,(H,8,9);1H3,(H,3,4). The summed E-state index contributed by atoms with van der Waals surface area (Å²) < 4.78 is -1.70. The largest absolute Gasteiger partial charge is 0.481 e. The molecule has 0 aromatic rings. The fourth-order valence-corrected chi connectivity index (χ4v) is 0.420. The van der Waals surface area contributed by atoms with Crippen LogP contribution in [0.4, 0.5) is 0 Å². The minimum absolute atomic E-state index is 0.833. The molecule has 4 nitrogen and oxygen atoms in total. The third-order valence-corrected chi connectivity index (χ3v) is 1.84. The molecule has 0 saturated carbocycles. The van der Waals surface area contributed by atoms with Gasteiger partial charge in [-0.3, -0.25) is 9.59 Å². The fraction of sp³-hybridized carbons (Fsp3) is 0.667. The Hall–Kier alpha value is -0.190. The van der Waals surface area contributed by atoms with E-state index in [-0.39, 0.29) is 0 Å². The molecule has 7 heteroatoms. The molecule has 0 fully saturated rings. The van der Waals surface area contributed by atoms with Gasteiger partial charge < -0.3 is 10.2 Å². The predicted molar refractivity (Wildman–Crippen MR) is 50.4 cm³/mol. The number of aliphatic carboxylic acids is 2. The van der Waals surface area contributed by atoms with E-state index in [1.165, 1.54) is 6.92 Å². The first-order chi connectivity index (χ1) is 5.59. The second-order valence-corrected chi connectivity index (χ2v) is 4.49. The van der Waals surface area contributed by atoms with Crippen LogP contribution in [0.3, 0.4) is 0 Å². The van der Waals surface area contributed by atoms with Crippen LogP contribution in [0.2, 0.25) is 0 Å². The first kappa shape index (κ1) is 15.3. The third-order valence-electron chi connectivity index (χ3n) is 0.861. The van der Waals surface area contributed by atoms with Crippen LogP contribution in [0.25, 0.3) is 0 Å². The van der Waals surface area contributed by atoms with Gasteiger partial charge in [0.05, 0.1) is 0 Å². The molecule has 0 radical (unpaired) electrons. The lowest BCUT2D eigenvalue weighted by atomic mass is 10.2. The molecule has 0 aliphatic heterocycles. The van der Waals surface area contributed by atoms with Crippen molar-refractivity contribution in [1.29, 1.82) is 0 Å². The SMILES string of the molecule is CC(=O)O.CC(C(=O)O)C(Cl)(Cl)Cl. The minimum atomic E-state index is -1.70.